The first kappa shape index (κ1) is 27.2. The van der Waals surface area contributed by atoms with Gasteiger partial charge in [-0.25, -0.2) is 9.78 Å². The molecule has 3 heterocycles. The molecule has 3 aromatic rings. The van der Waals surface area contributed by atoms with Crippen molar-refractivity contribution >= 4 is 34.9 Å². The quantitative estimate of drug-likeness (QED) is 0.509. The molecule has 1 fully saturated rings. The summed E-state index contributed by atoms with van der Waals surface area (Å²) < 4.78 is 11.9. The van der Waals surface area contributed by atoms with Crippen LogP contribution in [0.1, 0.15) is 38.7 Å². The van der Waals surface area contributed by atoms with Crippen LogP contribution in [0, 0.1) is 5.92 Å². The number of rotatable bonds is 3. The Balaban J connectivity index is 1.57. The molecular weight excluding hydrogens is 508 g/mol. The van der Waals surface area contributed by atoms with E-state index in [1.807, 2.05) is 80.6 Å². The van der Waals surface area contributed by atoms with E-state index in [0.717, 1.165) is 27.7 Å². The fraction of sp³-hybridized carbons (Fsp3) is 0.355. The molecule has 0 spiro atoms. The third-order valence-electron chi connectivity index (χ3n) is 7.30. The predicted molar refractivity (Wildman–Crippen MR) is 152 cm³/mol. The van der Waals surface area contributed by atoms with Crippen molar-refractivity contribution in [2.45, 2.75) is 51.3 Å². The maximum absolute atomic E-state index is 13.6. The molecular formula is C31H34N4O5. The summed E-state index contributed by atoms with van der Waals surface area (Å²) in [7, 11) is 0. The number of hydrogen-bond donors (Lipinski definition) is 2. The van der Waals surface area contributed by atoms with Gasteiger partial charge in [-0.15, -0.1) is 0 Å². The zero-order valence-corrected chi connectivity index (χ0v) is 22.7. The van der Waals surface area contributed by atoms with Crippen LogP contribution in [0.2, 0.25) is 0 Å². The van der Waals surface area contributed by atoms with Crippen LogP contribution in [0.5, 0.6) is 5.75 Å². The smallest absolute Gasteiger partial charge is 0.407 e. The lowest BCUT2D eigenvalue weighted by Gasteiger charge is -2.29. The van der Waals surface area contributed by atoms with Gasteiger partial charge in [0, 0.05) is 23.4 Å². The molecule has 2 aliphatic rings. The summed E-state index contributed by atoms with van der Waals surface area (Å²) >= 11 is 0. The largest absolute Gasteiger partial charge is 0.488 e. The highest BCUT2D eigenvalue weighted by Gasteiger charge is 2.43. The van der Waals surface area contributed by atoms with Gasteiger partial charge in [-0.05, 0) is 36.5 Å². The van der Waals surface area contributed by atoms with E-state index in [1.165, 1.54) is 4.90 Å². The lowest BCUT2D eigenvalue weighted by atomic mass is 10.0. The minimum atomic E-state index is -0.874. The van der Waals surface area contributed by atoms with E-state index in [-0.39, 0.29) is 25.5 Å². The van der Waals surface area contributed by atoms with Gasteiger partial charge < -0.3 is 25.4 Å². The van der Waals surface area contributed by atoms with Gasteiger partial charge in [-0.3, -0.25) is 9.59 Å². The summed E-state index contributed by atoms with van der Waals surface area (Å²) in [6.45, 7) is 4.02. The zero-order chi connectivity index (χ0) is 28.2. The van der Waals surface area contributed by atoms with Crippen molar-refractivity contribution in [1.29, 1.82) is 0 Å². The molecule has 40 heavy (non-hydrogen) atoms. The number of nitrogens with zero attached hydrogens (tertiary/aromatic N) is 2. The molecule has 1 saturated heterocycles. The molecule has 208 valence electrons. The Morgan fingerprint density at radius 1 is 1.12 bits per heavy atom. The first-order chi connectivity index (χ1) is 19.3. The van der Waals surface area contributed by atoms with Gasteiger partial charge in [0.05, 0.1) is 24.4 Å². The van der Waals surface area contributed by atoms with Crippen LogP contribution in [0.15, 0.2) is 60.7 Å². The number of carbonyl (C=O) groups excluding carboxylic acids is 3. The molecule has 0 unspecified atom stereocenters. The molecule has 0 radical (unpaired) electrons. The Labute approximate surface area is 233 Å². The molecule has 2 aliphatic heterocycles. The number of cyclic esters (lactones) is 1. The van der Waals surface area contributed by atoms with Crippen LogP contribution in [-0.2, 0) is 14.3 Å². The normalized spacial score (nSPS) is 22.8. The lowest BCUT2D eigenvalue weighted by molar-refractivity contribution is -0.139. The average Bonchev–Trinajstić information content (AvgIpc) is 3.37. The first-order valence-corrected chi connectivity index (χ1v) is 13.7. The number of allylic oxidation sites excluding steroid dienone is 1. The average molecular weight is 543 g/mol. The zero-order valence-electron chi connectivity index (χ0n) is 22.7. The van der Waals surface area contributed by atoms with Crippen LogP contribution in [0.3, 0.4) is 0 Å². The molecule has 3 N–H and O–H groups in total. The number of carbonyl (C=O) groups is 3. The van der Waals surface area contributed by atoms with Gasteiger partial charge in [0.15, 0.2) is 0 Å². The van der Waals surface area contributed by atoms with Crippen molar-refractivity contribution in [3.05, 3.63) is 66.2 Å². The molecule has 0 aliphatic carbocycles. The third kappa shape index (κ3) is 5.93. The summed E-state index contributed by atoms with van der Waals surface area (Å²) in [5.41, 5.74) is 9.20. The molecule has 0 saturated carbocycles. The van der Waals surface area contributed by atoms with E-state index >= 15 is 0 Å². The van der Waals surface area contributed by atoms with E-state index in [2.05, 4.69) is 5.32 Å². The lowest BCUT2D eigenvalue weighted by Crippen LogP contribution is -2.54. The highest BCUT2D eigenvalue weighted by atomic mass is 16.5. The topological polar surface area (TPSA) is 124 Å². The molecule has 5 rings (SSSR count). The minimum Gasteiger partial charge on any atom is -0.488 e. The Hall–Kier alpha value is -4.40. The van der Waals surface area contributed by atoms with Gasteiger partial charge in [-0.1, -0.05) is 62.4 Å². The van der Waals surface area contributed by atoms with Crippen molar-refractivity contribution < 1.29 is 23.9 Å². The molecule has 2 aromatic carbocycles. The van der Waals surface area contributed by atoms with Crippen LogP contribution >= 0.6 is 0 Å². The summed E-state index contributed by atoms with van der Waals surface area (Å²) in [4.78, 5) is 44.9. The van der Waals surface area contributed by atoms with Gasteiger partial charge in [0.1, 0.15) is 23.9 Å². The second-order valence-electron chi connectivity index (χ2n) is 10.6. The van der Waals surface area contributed by atoms with Gasteiger partial charge in [0.25, 0.3) is 0 Å². The Bertz CT molecular complexity index is 1440. The molecule has 9 nitrogen and oxygen atoms in total. The summed E-state index contributed by atoms with van der Waals surface area (Å²) in [6, 6.07) is 16.0. The maximum Gasteiger partial charge on any atom is 0.407 e. The number of nitrogens with one attached hydrogen (secondary N) is 1. The Morgan fingerprint density at radius 2 is 1.93 bits per heavy atom. The third-order valence-corrected chi connectivity index (χ3v) is 7.30. The predicted octanol–water partition coefficient (Wildman–Crippen LogP) is 4.29. The summed E-state index contributed by atoms with van der Waals surface area (Å²) in [5.74, 6) is -0.631. The van der Waals surface area contributed by atoms with Crippen molar-refractivity contribution in [2.75, 3.05) is 13.2 Å². The second kappa shape index (κ2) is 11.8. The number of alkyl carbamates (subject to hydrolysis) is 1. The van der Waals surface area contributed by atoms with E-state index in [4.69, 9.17) is 20.2 Å². The van der Waals surface area contributed by atoms with E-state index in [0.29, 0.717) is 18.6 Å². The monoisotopic (exact) mass is 542 g/mol. The van der Waals surface area contributed by atoms with Crippen LogP contribution in [-0.4, -0.2) is 59.1 Å². The van der Waals surface area contributed by atoms with E-state index in [1.54, 1.807) is 0 Å². The number of benzene rings is 2. The molecule has 3 amide bonds. The molecule has 3 atom stereocenters. The van der Waals surface area contributed by atoms with Crippen molar-refractivity contribution in [2.24, 2.45) is 11.7 Å². The summed E-state index contributed by atoms with van der Waals surface area (Å²) in [5, 5.41) is 3.52. The number of nitrogens with two attached hydrogens (primary N) is 1. The number of ether oxygens (including phenoxy) is 2. The van der Waals surface area contributed by atoms with E-state index < -0.39 is 36.1 Å². The highest BCUT2D eigenvalue weighted by molar-refractivity contribution is 5.92. The summed E-state index contributed by atoms with van der Waals surface area (Å²) in [6.07, 6.45) is 4.47. The maximum atomic E-state index is 13.6. The number of primary amides is 1. The highest BCUT2D eigenvalue weighted by Crippen LogP contribution is 2.34. The molecule has 4 bridgehead atoms. The van der Waals surface area contributed by atoms with Crippen LogP contribution in [0.4, 0.5) is 4.79 Å². The fourth-order valence-electron chi connectivity index (χ4n) is 5.19. The standard InChI is InChI=1S/C31H34N4O5/c1-19(2)28-30(37)35-18-22(16-26(35)29(32)36)40-27-17-25(21-10-6-3-7-11-21)33-24-13-12-20(15-23(24)27)9-5-4-8-14-39-31(38)34-28/h3,5-7,9-13,15,17,19,22,26,28H,4,8,14,16,18H2,1-2H3,(H2,32,36)(H,34,38)/b9-5+/t22-,26+,28+/m1/s1. The minimum absolute atomic E-state index is 0.149. The first-order valence-electron chi connectivity index (χ1n) is 13.7. The SMILES string of the molecule is CC(C)[C@@H]1NC(=O)OCCC/C=C/c2ccc3nc(-c4ccccc4)cc(c3c2)O[C@@H]2C[C@@H](C(N)=O)N(C2)C1=O. The second-order valence-corrected chi connectivity index (χ2v) is 10.6. The van der Waals surface area contributed by atoms with Crippen molar-refractivity contribution in [3.8, 4) is 17.0 Å². The van der Waals surface area contributed by atoms with Gasteiger partial charge >= 0.3 is 6.09 Å². The number of fused-ring (bicyclic) bond motifs is 3. The number of pyridine rings is 1. The molecule has 9 heteroatoms. The molecule has 1 aromatic heterocycles. The van der Waals surface area contributed by atoms with Crippen molar-refractivity contribution in [3.63, 3.8) is 0 Å². The Morgan fingerprint density at radius 3 is 2.67 bits per heavy atom. The van der Waals surface area contributed by atoms with E-state index in [9.17, 15) is 14.4 Å². The number of aromatic nitrogens is 1. The van der Waals surface area contributed by atoms with Gasteiger partial charge in [0.2, 0.25) is 11.8 Å². The number of hydrogen-bond acceptors (Lipinski definition) is 6. The fourth-order valence-corrected chi connectivity index (χ4v) is 5.19. The Kier molecular flexibility index (Phi) is 8.00. The van der Waals surface area contributed by atoms with Crippen LogP contribution in [0.25, 0.3) is 28.2 Å². The number of amides is 3. The van der Waals surface area contributed by atoms with Crippen LogP contribution < -0.4 is 15.8 Å². The van der Waals surface area contributed by atoms with Gasteiger partial charge in [-0.2, -0.15) is 0 Å². The van der Waals surface area contributed by atoms with Crippen molar-refractivity contribution in [1.82, 2.24) is 15.2 Å².